The van der Waals surface area contributed by atoms with Gasteiger partial charge in [0.1, 0.15) is 5.82 Å². The van der Waals surface area contributed by atoms with E-state index in [2.05, 4.69) is 15.2 Å². The third-order valence-electron chi connectivity index (χ3n) is 5.48. The van der Waals surface area contributed by atoms with Gasteiger partial charge in [0, 0.05) is 46.3 Å². The van der Waals surface area contributed by atoms with Gasteiger partial charge in [-0.3, -0.25) is 14.5 Å². The number of hydrogen-bond acceptors (Lipinski definition) is 5. The molecule has 3 aromatic rings. The van der Waals surface area contributed by atoms with Gasteiger partial charge in [0.25, 0.3) is 11.5 Å². The van der Waals surface area contributed by atoms with Crippen molar-refractivity contribution in [3.63, 3.8) is 0 Å². The zero-order chi connectivity index (χ0) is 21.1. The molecule has 1 aliphatic heterocycles. The largest absolute Gasteiger partial charge is 0.367 e. The first kappa shape index (κ1) is 20.0. The van der Waals surface area contributed by atoms with Gasteiger partial charge in [0.05, 0.1) is 16.7 Å². The Labute approximate surface area is 173 Å². The summed E-state index contributed by atoms with van der Waals surface area (Å²) in [5.74, 6) is -0.672. The zero-order valence-corrected chi connectivity index (χ0v) is 16.8. The molecule has 0 saturated carbocycles. The molecule has 0 unspecified atom stereocenters. The Bertz CT molecular complexity index is 1120. The molecule has 1 saturated heterocycles. The molecule has 30 heavy (non-hydrogen) atoms. The summed E-state index contributed by atoms with van der Waals surface area (Å²) >= 11 is 0. The summed E-state index contributed by atoms with van der Waals surface area (Å²) < 4.78 is 15.4. The van der Waals surface area contributed by atoms with Crippen LogP contribution in [0.4, 0.5) is 10.1 Å². The summed E-state index contributed by atoms with van der Waals surface area (Å²) in [6.45, 7) is 4.07. The van der Waals surface area contributed by atoms with Crippen LogP contribution in [0.2, 0.25) is 0 Å². The van der Waals surface area contributed by atoms with Gasteiger partial charge in [0.2, 0.25) is 0 Å². The lowest BCUT2D eigenvalue weighted by atomic mass is 10.2. The van der Waals surface area contributed by atoms with Crippen molar-refractivity contribution < 1.29 is 9.18 Å². The van der Waals surface area contributed by atoms with E-state index in [0.29, 0.717) is 29.8 Å². The van der Waals surface area contributed by atoms with Crippen LogP contribution in [0.15, 0.2) is 53.3 Å². The molecule has 1 N–H and O–H groups in total. The van der Waals surface area contributed by atoms with E-state index in [0.717, 1.165) is 26.2 Å². The zero-order valence-electron chi connectivity index (χ0n) is 16.8. The van der Waals surface area contributed by atoms with Gasteiger partial charge >= 0.3 is 0 Å². The number of hydrogen-bond donors (Lipinski definition) is 1. The molecule has 1 aromatic heterocycles. The van der Waals surface area contributed by atoms with E-state index < -0.39 is 11.5 Å². The molecular formula is C22H24FN5O2. The van der Waals surface area contributed by atoms with Gasteiger partial charge in [-0.2, -0.15) is 0 Å². The quantitative estimate of drug-likeness (QED) is 0.694. The molecule has 2 heterocycles. The molecule has 1 amide bonds. The third-order valence-corrected chi connectivity index (χ3v) is 5.48. The number of anilines is 1. The number of fused-ring (bicyclic) bond motifs is 1. The standard InChI is InChI=1S/C22H24FN5O2/c1-26-19-9-5-3-7-17(19)25-20(22(26)30)21(29)24-10-11-27-12-14-28(15-13-27)18-8-4-2-6-16(18)23/h2-9H,10-15H2,1H3,(H,24,29). The fraction of sp³-hybridized carbons (Fsp3) is 0.318. The first-order valence-corrected chi connectivity index (χ1v) is 10.0. The summed E-state index contributed by atoms with van der Waals surface area (Å²) in [7, 11) is 1.64. The molecule has 0 atom stereocenters. The summed E-state index contributed by atoms with van der Waals surface area (Å²) in [6.07, 6.45) is 0. The minimum Gasteiger partial charge on any atom is -0.367 e. The fourth-order valence-corrected chi connectivity index (χ4v) is 3.76. The van der Waals surface area contributed by atoms with Gasteiger partial charge in [-0.15, -0.1) is 0 Å². The van der Waals surface area contributed by atoms with E-state index in [1.807, 2.05) is 23.1 Å². The van der Waals surface area contributed by atoms with E-state index in [-0.39, 0.29) is 11.5 Å². The SMILES string of the molecule is Cn1c(=O)c(C(=O)NCCN2CCN(c3ccccc3F)CC2)nc2ccccc21. The number of carbonyl (C=O) groups is 1. The highest BCUT2D eigenvalue weighted by Crippen LogP contribution is 2.19. The number of nitrogens with zero attached hydrogens (tertiary/aromatic N) is 4. The number of nitrogens with one attached hydrogen (secondary N) is 1. The van der Waals surface area contributed by atoms with Crippen LogP contribution in [0.3, 0.4) is 0 Å². The maximum Gasteiger partial charge on any atom is 0.282 e. The Hall–Kier alpha value is -3.26. The molecule has 4 rings (SSSR count). The van der Waals surface area contributed by atoms with E-state index in [1.54, 1.807) is 31.3 Å². The van der Waals surface area contributed by atoms with Crippen molar-refractivity contribution in [2.75, 3.05) is 44.2 Å². The number of amides is 1. The van der Waals surface area contributed by atoms with Gasteiger partial charge < -0.3 is 14.8 Å². The summed E-state index contributed by atoms with van der Waals surface area (Å²) in [5, 5.41) is 2.80. The van der Waals surface area contributed by atoms with E-state index in [4.69, 9.17) is 0 Å². The molecule has 1 aliphatic rings. The second-order valence-electron chi connectivity index (χ2n) is 7.35. The van der Waals surface area contributed by atoms with Crippen LogP contribution < -0.4 is 15.8 Å². The van der Waals surface area contributed by atoms with Crippen molar-refractivity contribution in [1.82, 2.24) is 19.8 Å². The van der Waals surface area contributed by atoms with Crippen molar-refractivity contribution in [2.45, 2.75) is 0 Å². The van der Waals surface area contributed by atoms with Crippen molar-refractivity contribution in [2.24, 2.45) is 7.05 Å². The lowest BCUT2D eigenvalue weighted by molar-refractivity contribution is 0.0941. The highest BCUT2D eigenvalue weighted by molar-refractivity contribution is 5.93. The van der Waals surface area contributed by atoms with Crippen LogP contribution in [0.5, 0.6) is 0 Å². The second-order valence-corrected chi connectivity index (χ2v) is 7.35. The van der Waals surface area contributed by atoms with Gasteiger partial charge in [-0.05, 0) is 24.3 Å². The molecule has 0 bridgehead atoms. The maximum atomic E-state index is 13.9. The summed E-state index contributed by atoms with van der Waals surface area (Å²) in [6, 6.07) is 14.0. The average molecular weight is 409 g/mol. The number of piperazine rings is 1. The minimum absolute atomic E-state index is 0.0967. The number of aryl methyl sites for hydroxylation is 1. The van der Waals surface area contributed by atoms with Gasteiger partial charge in [0.15, 0.2) is 5.69 Å². The van der Waals surface area contributed by atoms with Crippen LogP contribution in [0, 0.1) is 5.82 Å². The van der Waals surface area contributed by atoms with Crippen molar-refractivity contribution in [3.8, 4) is 0 Å². The molecular weight excluding hydrogens is 385 g/mol. The molecule has 2 aromatic carbocycles. The monoisotopic (exact) mass is 409 g/mol. The summed E-state index contributed by atoms with van der Waals surface area (Å²) in [4.78, 5) is 33.5. The predicted molar refractivity (Wildman–Crippen MR) is 114 cm³/mol. The number of halogens is 1. The fourth-order valence-electron chi connectivity index (χ4n) is 3.76. The first-order valence-electron chi connectivity index (χ1n) is 10.0. The normalized spacial score (nSPS) is 14.8. The molecule has 7 nitrogen and oxygen atoms in total. The molecule has 0 aliphatic carbocycles. The third kappa shape index (κ3) is 4.04. The van der Waals surface area contributed by atoms with E-state index >= 15 is 0 Å². The summed E-state index contributed by atoms with van der Waals surface area (Å²) in [5.41, 5.74) is 1.41. The first-order chi connectivity index (χ1) is 14.5. The predicted octanol–water partition coefficient (Wildman–Crippen LogP) is 1.62. The number of benzene rings is 2. The maximum absolute atomic E-state index is 13.9. The minimum atomic E-state index is -0.466. The highest BCUT2D eigenvalue weighted by atomic mass is 19.1. The van der Waals surface area contributed by atoms with Crippen molar-refractivity contribution in [1.29, 1.82) is 0 Å². The highest BCUT2D eigenvalue weighted by Gasteiger charge is 2.20. The van der Waals surface area contributed by atoms with E-state index in [9.17, 15) is 14.0 Å². The molecule has 156 valence electrons. The lowest BCUT2D eigenvalue weighted by Gasteiger charge is -2.36. The van der Waals surface area contributed by atoms with Crippen LogP contribution >= 0.6 is 0 Å². The average Bonchev–Trinajstić information content (AvgIpc) is 2.77. The smallest absolute Gasteiger partial charge is 0.282 e. The van der Waals surface area contributed by atoms with Gasteiger partial charge in [-0.25, -0.2) is 9.37 Å². The van der Waals surface area contributed by atoms with Crippen LogP contribution in [0.1, 0.15) is 10.5 Å². The Morgan fingerprint density at radius 2 is 1.77 bits per heavy atom. The molecule has 8 heteroatoms. The van der Waals surface area contributed by atoms with Gasteiger partial charge in [-0.1, -0.05) is 24.3 Å². The lowest BCUT2D eigenvalue weighted by Crippen LogP contribution is -2.49. The number of rotatable bonds is 5. The number of aromatic nitrogens is 2. The van der Waals surface area contributed by atoms with E-state index in [1.165, 1.54) is 10.6 Å². The van der Waals surface area contributed by atoms with Crippen LogP contribution in [-0.2, 0) is 7.05 Å². The van der Waals surface area contributed by atoms with Crippen LogP contribution in [0.25, 0.3) is 11.0 Å². The Kier molecular flexibility index (Phi) is 5.76. The Morgan fingerprint density at radius 1 is 1.07 bits per heavy atom. The molecule has 1 fully saturated rings. The molecule has 0 spiro atoms. The Balaban J connectivity index is 1.32. The van der Waals surface area contributed by atoms with Crippen LogP contribution in [-0.4, -0.2) is 59.6 Å². The topological polar surface area (TPSA) is 70.5 Å². The number of para-hydroxylation sites is 3. The Morgan fingerprint density at radius 3 is 2.53 bits per heavy atom. The second kappa shape index (κ2) is 8.62. The van der Waals surface area contributed by atoms with Crippen molar-refractivity contribution in [3.05, 3.63) is 70.4 Å². The molecule has 0 radical (unpaired) electrons. The van der Waals surface area contributed by atoms with Crippen molar-refractivity contribution >= 4 is 22.6 Å². The number of carbonyl (C=O) groups excluding carboxylic acids is 1.